The largest absolute Gasteiger partial charge is 0.471 e. The first-order chi connectivity index (χ1) is 20.6. The molecule has 44 heavy (non-hydrogen) atoms. The normalized spacial score (nSPS) is 28.0. The van der Waals surface area contributed by atoms with E-state index in [-0.39, 0.29) is 38.2 Å². The molecule has 5 rings (SSSR count). The molecule has 4 amide bonds. The Labute approximate surface area is 249 Å². The summed E-state index contributed by atoms with van der Waals surface area (Å²) in [6.07, 6.45) is -3.60. The van der Waals surface area contributed by atoms with Crippen molar-refractivity contribution < 1.29 is 55.1 Å². The van der Waals surface area contributed by atoms with E-state index in [1.807, 2.05) is 0 Å². The summed E-state index contributed by atoms with van der Waals surface area (Å²) < 4.78 is 89.1. The average molecular weight is 639 g/mol. The lowest BCUT2D eigenvalue weighted by atomic mass is 9.71. The van der Waals surface area contributed by atoms with Crippen molar-refractivity contribution in [3.05, 3.63) is 11.9 Å². The lowest BCUT2D eigenvalue weighted by Gasteiger charge is -2.54. The van der Waals surface area contributed by atoms with E-state index in [9.17, 15) is 41.5 Å². The number of halogens is 6. The van der Waals surface area contributed by atoms with Crippen molar-refractivity contribution in [2.45, 2.75) is 101 Å². The summed E-state index contributed by atoms with van der Waals surface area (Å²) in [5.41, 5.74) is 0. The lowest BCUT2D eigenvalue weighted by molar-refractivity contribution is -0.196. The highest BCUT2D eigenvalue weighted by atomic mass is 19.4. The van der Waals surface area contributed by atoms with Crippen LogP contribution in [0.5, 0.6) is 0 Å². The van der Waals surface area contributed by atoms with Gasteiger partial charge in [-0.25, -0.2) is 13.6 Å². The second kappa shape index (κ2) is 13.3. The molecular weight excluding hydrogens is 602 g/mol. The van der Waals surface area contributed by atoms with E-state index < -0.39 is 89.9 Å². The molecule has 3 heterocycles. The molecule has 3 saturated heterocycles. The van der Waals surface area contributed by atoms with E-state index >= 15 is 8.78 Å². The Hall–Kier alpha value is -3.33. The maximum atomic E-state index is 15.2. The molecule has 0 unspecified atom stereocenters. The van der Waals surface area contributed by atoms with E-state index in [4.69, 9.17) is 0 Å². The van der Waals surface area contributed by atoms with Gasteiger partial charge < -0.3 is 25.6 Å². The Kier molecular flexibility index (Phi) is 10.2. The number of hydrogen-bond acceptors (Lipinski definition) is 6. The monoisotopic (exact) mass is 638 g/mol. The number of hydrogen-bond donors (Lipinski definition) is 3. The summed E-state index contributed by atoms with van der Waals surface area (Å²) in [5, 5.41) is 6.69. The van der Waals surface area contributed by atoms with Crippen LogP contribution in [-0.2, 0) is 28.7 Å². The van der Waals surface area contributed by atoms with Crippen LogP contribution in [0.4, 0.5) is 26.3 Å². The number of alkyl halides is 5. The molecule has 2 aliphatic carbocycles. The number of nitrogens with zero attached hydrogens (tertiary/aromatic N) is 1. The molecule has 2 saturated carbocycles. The number of piperidine rings is 2. The van der Waals surface area contributed by atoms with Gasteiger partial charge in [-0.1, -0.05) is 19.3 Å². The Bertz CT molecular complexity index is 1180. The molecular formula is C28H36F6N4O6. The van der Waals surface area contributed by atoms with Crippen LogP contribution in [0.3, 0.4) is 0 Å². The molecule has 5 fully saturated rings. The van der Waals surface area contributed by atoms with Crippen LogP contribution >= 0.6 is 0 Å². The second-order valence-electron chi connectivity index (χ2n) is 11.9. The van der Waals surface area contributed by atoms with Crippen molar-refractivity contribution in [1.82, 2.24) is 20.9 Å². The van der Waals surface area contributed by atoms with Crippen molar-refractivity contribution in [3.63, 3.8) is 0 Å². The molecule has 3 aliphatic heterocycles. The predicted molar refractivity (Wildman–Crippen MR) is 140 cm³/mol. The summed E-state index contributed by atoms with van der Waals surface area (Å²) in [4.78, 5) is 64.4. The van der Waals surface area contributed by atoms with Crippen LogP contribution in [0.2, 0.25) is 0 Å². The number of fused-ring (bicyclic) bond motifs is 3. The zero-order valence-electron chi connectivity index (χ0n) is 24.1. The molecule has 6 atom stereocenters. The van der Waals surface area contributed by atoms with Crippen LogP contribution in [0, 0.1) is 17.8 Å². The maximum absolute atomic E-state index is 15.2. The fourth-order valence-electron chi connectivity index (χ4n) is 6.59. The van der Waals surface area contributed by atoms with Crippen LogP contribution < -0.4 is 16.0 Å². The van der Waals surface area contributed by atoms with Crippen LogP contribution in [0.15, 0.2) is 11.9 Å². The van der Waals surface area contributed by atoms with Gasteiger partial charge in [-0.15, -0.1) is 0 Å². The number of esters is 1. The molecule has 5 aliphatic rings. The van der Waals surface area contributed by atoms with Crippen molar-refractivity contribution in [2.24, 2.45) is 17.8 Å². The van der Waals surface area contributed by atoms with Crippen LogP contribution in [-0.4, -0.2) is 83.9 Å². The summed E-state index contributed by atoms with van der Waals surface area (Å²) in [6.45, 7) is 1.58. The van der Waals surface area contributed by atoms with Crippen LogP contribution in [0.25, 0.3) is 0 Å². The van der Waals surface area contributed by atoms with Gasteiger partial charge in [-0.3, -0.25) is 19.2 Å². The molecule has 16 heteroatoms. The van der Waals surface area contributed by atoms with Gasteiger partial charge in [0, 0.05) is 24.9 Å². The topological polar surface area (TPSA) is 134 Å². The highest BCUT2D eigenvalue weighted by molar-refractivity contribution is 5.94. The Balaban J connectivity index is 1.64. The van der Waals surface area contributed by atoms with E-state index in [2.05, 4.69) is 15.4 Å². The van der Waals surface area contributed by atoms with Gasteiger partial charge in [0.15, 0.2) is 0 Å². The van der Waals surface area contributed by atoms with E-state index in [1.54, 1.807) is 5.32 Å². The SMILES string of the molecule is CCOC(=O)/C(F)=C\[C@@H](C[C@@H]1CCNC1=O)NC(=O)[C@H]1[C@@H]2CC[C@@H](CC2(F)F)N1C(=O)[C@H](CC1CCC1)NC(=O)C(F)(F)F. The first kappa shape index (κ1) is 33.6. The first-order valence-corrected chi connectivity index (χ1v) is 14.8. The van der Waals surface area contributed by atoms with Crippen molar-refractivity contribution in [2.75, 3.05) is 13.2 Å². The van der Waals surface area contributed by atoms with Gasteiger partial charge >= 0.3 is 18.1 Å². The predicted octanol–water partition coefficient (Wildman–Crippen LogP) is 2.67. The van der Waals surface area contributed by atoms with Gasteiger partial charge in [-0.05, 0) is 51.0 Å². The fourth-order valence-corrected chi connectivity index (χ4v) is 6.59. The smallest absolute Gasteiger partial charge is 0.461 e. The van der Waals surface area contributed by atoms with Crippen LogP contribution in [0.1, 0.15) is 64.7 Å². The summed E-state index contributed by atoms with van der Waals surface area (Å²) >= 11 is 0. The summed E-state index contributed by atoms with van der Waals surface area (Å²) in [6, 6.07) is -6.15. The third-order valence-corrected chi connectivity index (χ3v) is 8.96. The molecule has 246 valence electrons. The van der Waals surface area contributed by atoms with E-state index in [0.29, 0.717) is 31.9 Å². The summed E-state index contributed by atoms with van der Waals surface area (Å²) in [7, 11) is 0. The highest BCUT2D eigenvalue weighted by Gasteiger charge is 2.61. The van der Waals surface area contributed by atoms with Gasteiger partial charge in [-0.2, -0.15) is 17.6 Å². The molecule has 3 N–H and O–H groups in total. The lowest BCUT2D eigenvalue weighted by Crippen LogP contribution is -2.71. The number of ether oxygens (including phenoxy) is 1. The summed E-state index contributed by atoms with van der Waals surface area (Å²) in [5.74, 6) is -13.7. The van der Waals surface area contributed by atoms with Gasteiger partial charge in [0.05, 0.1) is 18.6 Å². The number of rotatable bonds is 11. The molecule has 0 radical (unpaired) electrons. The average Bonchev–Trinajstić information content (AvgIpc) is 3.31. The molecule has 0 aromatic carbocycles. The second-order valence-corrected chi connectivity index (χ2v) is 11.9. The zero-order chi connectivity index (χ0) is 32.4. The fraction of sp³-hybridized carbons (Fsp3) is 0.750. The zero-order valence-corrected chi connectivity index (χ0v) is 24.1. The number of carbonyl (C=O) groups excluding carboxylic acids is 5. The van der Waals surface area contributed by atoms with E-state index in [0.717, 1.165) is 11.3 Å². The molecule has 0 aromatic rings. The standard InChI is InChI=1S/C28H36F6N4O6/c1-2-44-25(42)19(29)12-16(11-15-8-9-35-22(15)39)36-23(40)21-18-7-6-17(13-27(18,30)31)38(21)24(41)20(10-14-4-3-5-14)37-26(43)28(32,33)34/h12,14-18,20-21H,2-11,13H2,1H3,(H,35,39)(H,36,40)(H,37,43)/b19-12+/t15-,16+,17-,18-,20-,21+/m0/s1. The minimum absolute atomic E-state index is 0.0577. The molecule has 10 nitrogen and oxygen atoms in total. The van der Waals surface area contributed by atoms with Gasteiger partial charge in [0.2, 0.25) is 23.5 Å². The van der Waals surface area contributed by atoms with E-state index in [1.165, 1.54) is 6.92 Å². The minimum Gasteiger partial charge on any atom is -0.461 e. The molecule has 2 bridgehead atoms. The number of amides is 4. The number of carbonyl (C=O) groups is 5. The Morgan fingerprint density at radius 3 is 2.34 bits per heavy atom. The Morgan fingerprint density at radius 2 is 1.80 bits per heavy atom. The third-order valence-electron chi connectivity index (χ3n) is 8.96. The molecule has 0 aromatic heterocycles. The first-order valence-electron chi connectivity index (χ1n) is 14.8. The van der Waals surface area contributed by atoms with Gasteiger partial charge in [0.25, 0.3) is 5.92 Å². The quantitative estimate of drug-likeness (QED) is 0.181. The Morgan fingerprint density at radius 1 is 1.09 bits per heavy atom. The van der Waals surface area contributed by atoms with Crippen molar-refractivity contribution in [1.29, 1.82) is 0 Å². The van der Waals surface area contributed by atoms with Crippen molar-refractivity contribution >= 4 is 29.6 Å². The number of nitrogens with one attached hydrogen (secondary N) is 3. The van der Waals surface area contributed by atoms with Gasteiger partial charge in [0.1, 0.15) is 12.1 Å². The minimum atomic E-state index is -5.31. The maximum Gasteiger partial charge on any atom is 0.471 e. The molecule has 0 spiro atoms. The third kappa shape index (κ3) is 7.48. The highest BCUT2D eigenvalue weighted by Crippen LogP contribution is 2.49. The van der Waals surface area contributed by atoms with Crippen molar-refractivity contribution in [3.8, 4) is 0 Å².